The smallest absolute Gasteiger partial charge is 0.316 e. The van der Waals surface area contributed by atoms with Gasteiger partial charge in [0.25, 0.3) is 5.91 Å². The Morgan fingerprint density at radius 2 is 2.11 bits per heavy atom. The molecule has 0 atom stereocenters. The molecule has 1 aliphatic rings. The maximum absolute atomic E-state index is 12.0. The van der Waals surface area contributed by atoms with E-state index < -0.39 is 17.4 Å². The maximum Gasteiger partial charge on any atom is 0.316 e. The number of nitrogens with one attached hydrogen (secondary N) is 1. The Morgan fingerprint density at radius 3 is 2.81 bits per heavy atom. The Balaban J connectivity index is 1.52. The first kappa shape index (κ1) is 19.6. The molecule has 2 aromatic rings. The van der Waals surface area contributed by atoms with Crippen LogP contribution < -0.4 is 5.32 Å². The number of nitriles is 1. The summed E-state index contributed by atoms with van der Waals surface area (Å²) < 4.78 is 5.05. The Morgan fingerprint density at radius 1 is 1.37 bits per heavy atom. The Kier molecular flexibility index (Phi) is 5.97. The van der Waals surface area contributed by atoms with Gasteiger partial charge in [0.2, 0.25) is 0 Å². The minimum absolute atomic E-state index is 0.0527. The fraction of sp³-hybridized carbons (Fsp3) is 0.500. The maximum atomic E-state index is 12.0. The summed E-state index contributed by atoms with van der Waals surface area (Å²) >= 11 is 2.87. The molecule has 9 heteroatoms. The van der Waals surface area contributed by atoms with Crippen molar-refractivity contribution < 1.29 is 14.3 Å². The molecule has 1 fully saturated rings. The first-order chi connectivity index (χ1) is 12.9. The van der Waals surface area contributed by atoms with E-state index in [4.69, 9.17) is 4.74 Å². The van der Waals surface area contributed by atoms with Gasteiger partial charge < -0.3 is 10.1 Å². The number of ether oxygens (including phenoxy) is 1. The zero-order chi connectivity index (χ0) is 19.4. The molecule has 0 bridgehead atoms. The van der Waals surface area contributed by atoms with E-state index in [0.29, 0.717) is 12.8 Å². The number of aromatic nitrogens is 2. The fourth-order valence-electron chi connectivity index (χ4n) is 3.12. The average Bonchev–Trinajstić information content (AvgIpc) is 3.24. The van der Waals surface area contributed by atoms with Gasteiger partial charge >= 0.3 is 5.97 Å². The highest BCUT2D eigenvalue weighted by Crippen LogP contribution is 2.34. The Labute approximate surface area is 165 Å². The summed E-state index contributed by atoms with van der Waals surface area (Å²) in [7, 11) is 0. The molecule has 1 N–H and O–H groups in total. The number of hydrogen-bond donors (Lipinski definition) is 1. The normalized spacial score (nSPS) is 15.4. The summed E-state index contributed by atoms with van der Waals surface area (Å²) in [4.78, 5) is 34.6. The highest BCUT2D eigenvalue weighted by Gasteiger charge is 2.35. The van der Waals surface area contributed by atoms with Crippen molar-refractivity contribution in [3.63, 3.8) is 0 Å². The lowest BCUT2D eigenvalue weighted by Gasteiger charge is -2.21. The zero-order valence-electron chi connectivity index (χ0n) is 15.2. The number of fused-ring (bicyclic) bond motifs is 1. The van der Waals surface area contributed by atoms with E-state index in [2.05, 4.69) is 21.4 Å². The van der Waals surface area contributed by atoms with E-state index >= 15 is 0 Å². The van der Waals surface area contributed by atoms with Crippen molar-refractivity contribution in [2.75, 3.05) is 12.4 Å². The van der Waals surface area contributed by atoms with Gasteiger partial charge in [-0.25, -0.2) is 9.97 Å². The number of carbonyl (C=O) groups excluding carboxylic acids is 2. The fourth-order valence-corrected chi connectivity index (χ4v) is 5.04. The molecule has 2 aromatic heterocycles. The number of thioether (sulfide) groups is 1. The molecule has 3 rings (SSSR count). The molecule has 142 valence electrons. The number of esters is 1. The summed E-state index contributed by atoms with van der Waals surface area (Å²) in [5.74, 6) is -0.883. The van der Waals surface area contributed by atoms with E-state index in [1.54, 1.807) is 11.3 Å². The van der Waals surface area contributed by atoms with Crippen molar-refractivity contribution in [2.24, 2.45) is 0 Å². The predicted molar refractivity (Wildman–Crippen MR) is 104 cm³/mol. The van der Waals surface area contributed by atoms with E-state index in [1.165, 1.54) is 23.0 Å². The minimum atomic E-state index is -0.806. The molecular weight excluding hydrogens is 384 g/mol. The summed E-state index contributed by atoms with van der Waals surface area (Å²) in [6.45, 7) is 3.66. The van der Waals surface area contributed by atoms with Crippen LogP contribution in [0.2, 0.25) is 0 Å². The summed E-state index contributed by atoms with van der Waals surface area (Å²) in [5.41, 5.74) is 0.309. The number of hydrogen-bond acceptors (Lipinski definition) is 8. The molecule has 1 aliphatic carbocycles. The van der Waals surface area contributed by atoms with Gasteiger partial charge in [0.1, 0.15) is 21.7 Å². The van der Waals surface area contributed by atoms with Crippen molar-refractivity contribution in [2.45, 2.75) is 50.1 Å². The molecule has 0 spiro atoms. The topological polar surface area (TPSA) is 105 Å². The molecule has 1 saturated carbocycles. The van der Waals surface area contributed by atoms with Gasteiger partial charge in [-0.1, -0.05) is 11.8 Å². The molecule has 7 nitrogen and oxygen atoms in total. The molecule has 2 heterocycles. The number of amides is 1. The van der Waals surface area contributed by atoms with Gasteiger partial charge in [-0.2, -0.15) is 5.26 Å². The zero-order valence-corrected chi connectivity index (χ0v) is 16.8. The van der Waals surface area contributed by atoms with E-state index in [9.17, 15) is 14.9 Å². The van der Waals surface area contributed by atoms with Crippen LogP contribution >= 0.6 is 23.1 Å². The molecule has 0 aromatic carbocycles. The number of thiophene rings is 1. The summed E-state index contributed by atoms with van der Waals surface area (Å²) in [5, 5.41) is 13.7. The van der Waals surface area contributed by atoms with Crippen LogP contribution in [0.4, 0.5) is 0 Å². The van der Waals surface area contributed by atoms with Gasteiger partial charge in [0.05, 0.1) is 11.8 Å². The Bertz CT molecular complexity index is 913. The third-order valence-electron chi connectivity index (χ3n) is 4.67. The van der Waals surface area contributed by atoms with Crippen molar-refractivity contribution in [3.8, 4) is 6.07 Å². The number of rotatable bonds is 6. The molecule has 0 saturated heterocycles. The van der Waals surface area contributed by atoms with Gasteiger partial charge in [-0.3, -0.25) is 9.59 Å². The first-order valence-electron chi connectivity index (χ1n) is 8.65. The Hall–Kier alpha value is -2.18. The van der Waals surface area contributed by atoms with Gasteiger partial charge in [0, 0.05) is 10.3 Å². The monoisotopic (exact) mass is 404 g/mol. The molecule has 27 heavy (non-hydrogen) atoms. The van der Waals surface area contributed by atoms with Gasteiger partial charge in [0.15, 0.2) is 6.61 Å². The highest BCUT2D eigenvalue weighted by molar-refractivity contribution is 8.00. The van der Waals surface area contributed by atoms with E-state index in [1.807, 2.05) is 13.8 Å². The lowest BCUT2D eigenvalue weighted by atomic mass is 10.00. The number of carbonyl (C=O) groups is 2. The van der Waals surface area contributed by atoms with Crippen LogP contribution in [0, 0.1) is 25.2 Å². The summed E-state index contributed by atoms with van der Waals surface area (Å²) in [6, 6.07) is 2.18. The van der Waals surface area contributed by atoms with Crippen LogP contribution in [0.25, 0.3) is 10.2 Å². The second-order valence-electron chi connectivity index (χ2n) is 6.54. The van der Waals surface area contributed by atoms with Gasteiger partial charge in [-0.15, -0.1) is 11.3 Å². The quantitative estimate of drug-likeness (QED) is 0.448. The molecule has 0 aliphatic heterocycles. The number of nitrogens with zero attached hydrogens (tertiary/aromatic N) is 3. The first-order valence-corrected chi connectivity index (χ1v) is 10.5. The standard InChI is InChI=1S/C18H20N4O3S2/c1-11-12(2)27-17-15(11)16(20-10-21-17)26-8-14(24)25-7-13(23)22-18(9-19)5-3-4-6-18/h10H,3-8H2,1-2H3,(H,22,23). The van der Waals surface area contributed by atoms with E-state index in [-0.39, 0.29) is 12.4 Å². The molecule has 0 unspecified atom stereocenters. The minimum Gasteiger partial charge on any atom is -0.455 e. The largest absolute Gasteiger partial charge is 0.455 e. The molecule has 0 radical (unpaired) electrons. The van der Waals surface area contributed by atoms with Crippen LogP contribution in [0.3, 0.4) is 0 Å². The van der Waals surface area contributed by atoms with Crippen LogP contribution in [-0.4, -0.2) is 39.7 Å². The lowest BCUT2D eigenvalue weighted by molar-refractivity contribution is -0.146. The van der Waals surface area contributed by atoms with Crippen LogP contribution in [0.1, 0.15) is 36.1 Å². The van der Waals surface area contributed by atoms with Crippen LogP contribution in [0.15, 0.2) is 11.4 Å². The van der Waals surface area contributed by atoms with Crippen molar-refractivity contribution in [3.05, 3.63) is 16.8 Å². The highest BCUT2D eigenvalue weighted by atomic mass is 32.2. The molecule has 1 amide bonds. The number of aryl methyl sites for hydroxylation is 2. The van der Waals surface area contributed by atoms with Crippen molar-refractivity contribution in [1.29, 1.82) is 5.26 Å². The third-order valence-corrected chi connectivity index (χ3v) is 6.75. The van der Waals surface area contributed by atoms with Crippen molar-refractivity contribution >= 4 is 45.2 Å². The van der Waals surface area contributed by atoms with Crippen molar-refractivity contribution in [1.82, 2.24) is 15.3 Å². The predicted octanol–water partition coefficient (Wildman–Crippen LogP) is 2.90. The van der Waals surface area contributed by atoms with Crippen LogP contribution in [0.5, 0.6) is 0 Å². The van der Waals surface area contributed by atoms with Gasteiger partial charge in [-0.05, 0) is 45.1 Å². The SMILES string of the molecule is Cc1sc2ncnc(SCC(=O)OCC(=O)NC3(C#N)CCCC3)c2c1C. The summed E-state index contributed by atoms with van der Waals surface area (Å²) in [6.07, 6.45) is 4.60. The van der Waals surface area contributed by atoms with Crippen LogP contribution in [-0.2, 0) is 14.3 Å². The van der Waals surface area contributed by atoms with E-state index in [0.717, 1.165) is 33.6 Å². The second-order valence-corrected chi connectivity index (χ2v) is 8.71. The molecular formula is C18H20N4O3S2. The second kappa shape index (κ2) is 8.23. The average molecular weight is 405 g/mol. The lowest BCUT2D eigenvalue weighted by Crippen LogP contribution is -2.46. The third kappa shape index (κ3) is 4.39.